The summed E-state index contributed by atoms with van der Waals surface area (Å²) in [4.78, 5) is 38.3. The lowest BCUT2D eigenvalue weighted by Crippen LogP contribution is -2.52. The van der Waals surface area contributed by atoms with Gasteiger partial charge in [0.05, 0.1) is 5.69 Å². The number of amides is 3. The van der Waals surface area contributed by atoms with Crippen LogP contribution in [0.2, 0.25) is 0 Å². The van der Waals surface area contributed by atoms with Crippen LogP contribution in [0.1, 0.15) is 58.8 Å². The highest BCUT2D eigenvalue weighted by Crippen LogP contribution is 2.32. The number of hydrogen-bond acceptors (Lipinski definition) is 7. The van der Waals surface area contributed by atoms with Crippen LogP contribution in [0.3, 0.4) is 0 Å². The minimum absolute atomic E-state index is 0.160. The highest BCUT2D eigenvalue weighted by molar-refractivity contribution is 6.05. The highest BCUT2D eigenvalue weighted by atomic mass is 16.5. The van der Waals surface area contributed by atoms with Crippen molar-refractivity contribution in [1.29, 1.82) is 0 Å². The second-order valence-electron chi connectivity index (χ2n) is 8.33. The summed E-state index contributed by atoms with van der Waals surface area (Å²) in [6.45, 7) is 2.84. The number of carbonyl (C=O) groups is 3. The van der Waals surface area contributed by atoms with Gasteiger partial charge in [-0.3, -0.25) is 19.7 Å². The molecule has 1 unspecified atom stereocenters. The first kappa shape index (κ1) is 19.7. The predicted octanol–water partition coefficient (Wildman–Crippen LogP) is 1.51. The molecule has 0 radical (unpaired) electrons. The number of imide groups is 1. The molecule has 2 aromatic rings. The molecule has 162 valence electrons. The molecule has 1 aromatic carbocycles. The number of anilines is 1. The third-order valence-electron chi connectivity index (χ3n) is 6.47. The van der Waals surface area contributed by atoms with Crippen molar-refractivity contribution in [3.05, 3.63) is 46.8 Å². The van der Waals surface area contributed by atoms with Gasteiger partial charge in [-0.2, -0.15) is 0 Å². The van der Waals surface area contributed by atoms with Crippen molar-refractivity contribution < 1.29 is 18.9 Å². The average Bonchev–Trinajstić information content (AvgIpc) is 3.38. The van der Waals surface area contributed by atoms with Crippen LogP contribution in [-0.4, -0.2) is 46.9 Å². The zero-order chi connectivity index (χ0) is 21.4. The lowest BCUT2D eigenvalue weighted by Gasteiger charge is -2.29. The Morgan fingerprint density at radius 3 is 2.81 bits per heavy atom. The number of fused-ring (bicyclic) bond motifs is 1. The van der Waals surface area contributed by atoms with E-state index in [9.17, 15) is 14.4 Å². The van der Waals surface area contributed by atoms with Crippen LogP contribution >= 0.6 is 0 Å². The summed E-state index contributed by atoms with van der Waals surface area (Å²) >= 11 is 0. The fourth-order valence-corrected chi connectivity index (χ4v) is 4.77. The molecule has 0 aliphatic carbocycles. The number of benzene rings is 1. The van der Waals surface area contributed by atoms with Crippen molar-refractivity contribution in [2.45, 2.75) is 50.7 Å². The topological polar surface area (TPSA) is 117 Å². The molecular weight excluding hydrogens is 398 g/mol. The lowest BCUT2D eigenvalue weighted by molar-refractivity contribution is -0.136. The highest BCUT2D eigenvalue weighted by Gasteiger charge is 2.39. The van der Waals surface area contributed by atoms with Crippen molar-refractivity contribution in [2.75, 3.05) is 18.4 Å². The summed E-state index contributed by atoms with van der Waals surface area (Å²) in [7, 11) is 0. The van der Waals surface area contributed by atoms with Gasteiger partial charge in [0.2, 0.25) is 11.8 Å². The predicted molar refractivity (Wildman–Crippen MR) is 111 cm³/mol. The first-order valence-electron chi connectivity index (χ1n) is 10.8. The second-order valence-corrected chi connectivity index (χ2v) is 8.33. The van der Waals surface area contributed by atoms with Gasteiger partial charge in [0.15, 0.2) is 0 Å². The number of piperidine rings is 2. The SMILES string of the molecule is O=C1CCC(N2Cc3c(CNc4conc4C4CCNCC4)cccc3C2=O)C(=O)N1. The van der Waals surface area contributed by atoms with Crippen LogP contribution in [0.5, 0.6) is 0 Å². The van der Waals surface area contributed by atoms with Crippen molar-refractivity contribution >= 4 is 23.4 Å². The molecule has 5 rings (SSSR count). The van der Waals surface area contributed by atoms with Gasteiger partial charge in [0.1, 0.15) is 18.0 Å². The molecule has 3 aliphatic heterocycles. The van der Waals surface area contributed by atoms with Gasteiger partial charge in [-0.15, -0.1) is 0 Å². The van der Waals surface area contributed by atoms with Crippen LogP contribution < -0.4 is 16.0 Å². The standard InChI is InChI=1S/C22H25N5O4/c28-19-5-4-18(21(29)25-19)27-11-16-14(2-1-3-15(16)22(27)30)10-24-17-12-31-26-20(17)13-6-8-23-9-7-13/h1-3,12-13,18,23-24H,4-11H2,(H,25,28,29). The third kappa shape index (κ3) is 3.69. The zero-order valence-electron chi connectivity index (χ0n) is 17.1. The number of rotatable bonds is 5. The van der Waals surface area contributed by atoms with Gasteiger partial charge in [0.25, 0.3) is 5.91 Å². The molecule has 4 heterocycles. The van der Waals surface area contributed by atoms with E-state index in [1.54, 1.807) is 17.2 Å². The van der Waals surface area contributed by atoms with E-state index in [0.717, 1.165) is 48.4 Å². The number of carbonyl (C=O) groups excluding carboxylic acids is 3. The minimum atomic E-state index is -0.608. The molecule has 9 nitrogen and oxygen atoms in total. The largest absolute Gasteiger partial charge is 0.377 e. The summed E-state index contributed by atoms with van der Waals surface area (Å²) in [5.41, 5.74) is 4.38. The first-order chi connectivity index (χ1) is 15.1. The Kier molecular flexibility index (Phi) is 5.19. The van der Waals surface area contributed by atoms with Crippen molar-refractivity contribution in [2.24, 2.45) is 0 Å². The van der Waals surface area contributed by atoms with Crippen LogP contribution in [0.4, 0.5) is 5.69 Å². The van der Waals surface area contributed by atoms with E-state index in [1.807, 2.05) is 12.1 Å². The number of nitrogens with one attached hydrogen (secondary N) is 3. The Balaban J connectivity index is 1.32. The van der Waals surface area contributed by atoms with Crippen molar-refractivity contribution in [3.8, 4) is 0 Å². The molecule has 0 spiro atoms. The average molecular weight is 423 g/mol. The molecular formula is C22H25N5O4. The van der Waals surface area contributed by atoms with E-state index < -0.39 is 11.9 Å². The molecule has 0 saturated carbocycles. The summed E-state index contributed by atoms with van der Waals surface area (Å²) in [5.74, 6) is -0.470. The Morgan fingerprint density at radius 1 is 1.16 bits per heavy atom. The molecule has 2 fully saturated rings. The maximum atomic E-state index is 13.0. The Morgan fingerprint density at radius 2 is 2.00 bits per heavy atom. The van der Waals surface area contributed by atoms with Gasteiger partial charge in [0, 0.05) is 31.0 Å². The number of nitrogens with zero attached hydrogens (tertiary/aromatic N) is 2. The van der Waals surface area contributed by atoms with E-state index >= 15 is 0 Å². The van der Waals surface area contributed by atoms with Gasteiger partial charge < -0.3 is 20.1 Å². The van der Waals surface area contributed by atoms with Gasteiger partial charge >= 0.3 is 0 Å². The molecule has 3 amide bonds. The van der Waals surface area contributed by atoms with E-state index in [4.69, 9.17) is 4.52 Å². The third-order valence-corrected chi connectivity index (χ3v) is 6.47. The summed E-state index contributed by atoms with van der Waals surface area (Å²) in [5, 5.41) is 13.4. The van der Waals surface area contributed by atoms with Crippen molar-refractivity contribution in [3.63, 3.8) is 0 Å². The van der Waals surface area contributed by atoms with E-state index in [2.05, 4.69) is 21.1 Å². The monoisotopic (exact) mass is 423 g/mol. The van der Waals surface area contributed by atoms with E-state index in [1.165, 1.54) is 0 Å². The lowest BCUT2D eigenvalue weighted by atomic mass is 9.94. The van der Waals surface area contributed by atoms with Crippen LogP contribution in [-0.2, 0) is 22.7 Å². The van der Waals surface area contributed by atoms with Crippen LogP contribution in [0.15, 0.2) is 29.0 Å². The smallest absolute Gasteiger partial charge is 0.255 e. The molecule has 0 bridgehead atoms. The molecule has 1 aromatic heterocycles. The van der Waals surface area contributed by atoms with Crippen molar-refractivity contribution in [1.82, 2.24) is 20.7 Å². The Bertz CT molecular complexity index is 1030. The molecule has 3 N–H and O–H groups in total. The number of hydrogen-bond donors (Lipinski definition) is 3. The Hall–Kier alpha value is -3.20. The van der Waals surface area contributed by atoms with E-state index in [0.29, 0.717) is 31.0 Å². The molecule has 2 saturated heterocycles. The molecule has 3 aliphatic rings. The summed E-state index contributed by atoms with van der Waals surface area (Å²) in [6, 6.07) is 5.05. The van der Waals surface area contributed by atoms with Gasteiger partial charge in [-0.25, -0.2) is 0 Å². The number of aromatic nitrogens is 1. The quantitative estimate of drug-likeness (QED) is 0.624. The summed E-state index contributed by atoms with van der Waals surface area (Å²) < 4.78 is 5.25. The molecule has 31 heavy (non-hydrogen) atoms. The Labute approximate surface area is 179 Å². The van der Waals surface area contributed by atoms with Gasteiger partial charge in [-0.05, 0) is 49.5 Å². The molecule has 9 heteroatoms. The fraction of sp³-hybridized carbons (Fsp3) is 0.455. The summed E-state index contributed by atoms with van der Waals surface area (Å²) in [6.07, 6.45) is 4.30. The van der Waals surface area contributed by atoms with Crippen LogP contribution in [0.25, 0.3) is 0 Å². The maximum absolute atomic E-state index is 13.0. The zero-order valence-corrected chi connectivity index (χ0v) is 17.1. The normalized spacial score (nSPS) is 21.9. The molecule has 1 atom stereocenters. The first-order valence-corrected chi connectivity index (χ1v) is 10.8. The fourth-order valence-electron chi connectivity index (χ4n) is 4.77. The van der Waals surface area contributed by atoms with Crippen LogP contribution in [0, 0.1) is 0 Å². The van der Waals surface area contributed by atoms with Gasteiger partial charge in [-0.1, -0.05) is 17.3 Å². The maximum Gasteiger partial charge on any atom is 0.255 e. The second kappa shape index (κ2) is 8.14. The minimum Gasteiger partial charge on any atom is -0.377 e. The van der Waals surface area contributed by atoms with E-state index in [-0.39, 0.29) is 18.2 Å².